The van der Waals surface area contributed by atoms with Gasteiger partial charge in [0.25, 0.3) is 5.91 Å². The number of hydrogen-bond acceptors (Lipinski definition) is 7. The van der Waals surface area contributed by atoms with E-state index < -0.39 is 0 Å². The molecule has 1 amide bonds. The van der Waals surface area contributed by atoms with Crippen LogP contribution in [0.4, 0.5) is 11.5 Å². The van der Waals surface area contributed by atoms with Crippen LogP contribution in [0, 0.1) is 19.3 Å². The maximum Gasteiger partial charge on any atom is 0.259 e. The van der Waals surface area contributed by atoms with Crippen molar-refractivity contribution in [1.29, 1.82) is 0 Å². The highest BCUT2D eigenvalue weighted by Gasteiger charge is 2.27. The molecule has 1 saturated heterocycles. The van der Waals surface area contributed by atoms with Crippen LogP contribution in [0.1, 0.15) is 88.0 Å². The molecule has 2 aromatic heterocycles. The number of hydrogen-bond donors (Lipinski definition) is 1. The molecule has 212 valence electrons. The van der Waals surface area contributed by atoms with E-state index >= 15 is 0 Å². The highest BCUT2D eigenvalue weighted by molar-refractivity contribution is 6.07. The number of aromatic nitrogens is 4. The summed E-state index contributed by atoms with van der Waals surface area (Å²) < 4.78 is 7.26. The second-order valence-electron chi connectivity index (χ2n) is 11.1. The Morgan fingerprint density at radius 3 is 2.42 bits per heavy atom. The Labute approximate surface area is 237 Å². The summed E-state index contributed by atoms with van der Waals surface area (Å²) in [5.74, 6) is 3.54. The van der Waals surface area contributed by atoms with Gasteiger partial charge in [0, 0.05) is 12.1 Å². The van der Waals surface area contributed by atoms with Gasteiger partial charge in [0.15, 0.2) is 5.82 Å². The van der Waals surface area contributed by atoms with Crippen LogP contribution < -0.4 is 15.0 Å². The van der Waals surface area contributed by atoms with Gasteiger partial charge in [-0.25, -0.2) is 4.68 Å². The van der Waals surface area contributed by atoms with Crippen molar-refractivity contribution < 1.29 is 14.3 Å². The summed E-state index contributed by atoms with van der Waals surface area (Å²) in [4.78, 5) is 29.1. The lowest BCUT2D eigenvalue weighted by atomic mass is 9.84. The number of aldehydes is 1. The molecule has 0 aliphatic carbocycles. The topological polar surface area (TPSA) is 102 Å². The summed E-state index contributed by atoms with van der Waals surface area (Å²) in [6, 6.07) is 6.40. The lowest BCUT2D eigenvalue weighted by molar-refractivity contribution is -0.106. The fraction of sp³-hybridized carbons (Fsp3) is 0.452. The van der Waals surface area contributed by atoms with Crippen LogP contribution in [0.3, 0.4) is 0 Å². The van der Waals surface area contributed by atoms with Crippen LogP contribution in [0.5, 0.6) is 5.75 Å². The molecule has 9 heteroatoms. The number of piperidine rings is 1. The third kappa shape index (κ3) is 6.68. The average Bonchev–Trinajstić information content (AvgIpc) is 3.38. The number of methoxy groups -OCH3 is 1. The second-order valence-corrected chi connectivity index (χ2v) is 11.1. The van der Waals surface area contributed by atoms with Crippen molar-refractivity contribution in [2.75, 3.05) is 17.3 Å². The molecule has 0 spiro atoms. The van der Waals surface area contributed by atoms with Crippen LogP contribution >= 0.6 is 0 Å². The molecule has 3 aromatic rings. The van der Waals surface area contributed by atoms with Gasteiger partial charge in [0.05, 0.1) is 47.7 Å². The Balaban J connectivity index is 0.00000141. The SMILES string of the molecule is C#Cc1cc(C(C)(C)C)cc(C(=O)Nc2cnc(C)c(-n3cc(N4C(C)CCCC4C)nn3)c2)c1OC.CC=O. The monoisotopic (exact) mass is 544 g/mol. The van der Waals surface area contributed by atoms with Crippen LogP contribution in [-0.2, 0) is 10.2 Å². The molecule has 9 nitrogen and oxygen atoms in total. The first kappa shape index (κ1) is 30.4. The van der Waals surface area contributed by atoms with E-state index in [0.29, 0.717) is 34.6 Å². The van der Waals surface area contributed by atoms with Gasteiger partial charge >= 0.3 is 0 Å². The number of carbonyl (C=O) groups is 2. The highest BCUT2D eigenvalue weighted by atomic mass is 16.5. The smallest absolute Gasteiger partial charge is 0.259 e. The molecule has 1 aromatic carbocycles. The summed E-state index contributed by atoms with van der Waals surface area (Å²) in [6.45, 7) is 14.0. The summed E-state index contributed by atoms with van der Waals surface area (Å²) in [7, 11) is 1.52. The molecular formula is C31H40N6O3. The molecule has 1 aliphatic heterocycles. The van der Waals surface area contributed by atoms with Crippen molar-refractivity contribution >= 4 is 23.7 Å². The minimum absolute atomic E-state index is 0.195. The number of aryl methyl sites for hydroxylation is 1. The number of terminal acetylenes is 1. The number of rotatable bonds is 5. The van der Waals surface area contributed by atoms with Crippen molar-refractivity contribution in [3.8, 4) is 23.8 Å². The van der Waals surface area contributed by atoms with Gasteiger partial charge in [0.2, 0.25) is 0 Å². The van der Waals surface area contributed by atoms with Crippen LogP contribution in [0.25, 0.3) is 5.69 Å². The Morgan fingerprint density at radius 1 is 1.20 bits per heavy atom. The van der Waals surface area contributed by atoms with Crippen LogP contribution in [0.2, 0.25) is 0 Å². The van der Waals surface area contributed by atoms with Crippen molar-refractivity contribution in [2.45, 2.75) is 85.2 Å². The molecule has 3 heterocycles. The van der Waals surface area contributed by atoms with Crippen molar-refractivity contribution in [1.82, 2.24) is 20.0 Å². The molecule has 0 radical (unpaired) electrons. The van der Waals surface area contributed by atoms with E-state index in [1.54, 1.807) is 10.9 Å². The molecule has 1 aliphatic rings. The molecule has 2 unspecified atom stereocenters. The van der Waals surface area contributed by atoms with Gasteiger partial charge in [-0.1, -0.05) is 31.9 Å². The van der Waals surface area contributed by atoms with E-state index in [9.17, 15) is 4.79 Å². The normalized spacial score (nSPS) is 16.8. The predicted molar refractivity (Wildman–Crippen MR) is 158 cm³/mol. The maximum atomic E-state index is 13.4. The molecule has 4 rings (SSSR count). The zero-order chi connectivity index (χ0) is 29.6. The molecule has 40 heavy (non-hydrogen) atoms. The van der Waals surface area contributed by atoms with Crippen molar-refractivity contribution in [3.05, 3.63) is 53.0 Å². The number of ether oxygens (including phenoxy) is 1. The van der Waals surface area contributed by atoms with Crippen LogP contribution in [0.15, 0.2) is 30.6 Å². The van der Waals surface area contributed by atoms with Crippen molar-refractivity contribution in [3.63, 3.8) is 0 Å². The minimum Gasteiger partial charge on any atom is -0.495 e. The molecule has 0 bridgehead atoms. The van der Waals surface area contributed by atoms with Crippen LogP contribution in [-0.4, -0.2) is 51.4 Å². The van der Waals surface area contributed by atoms with E-state index in [2.05, 4.69) is 66.1 Å². The number of pyridine rings is 1. The zero-order valence-electron chi connectivity index (χ0n) is 24.8. The first-order valence-electron chi connectivity index (χ1n) is 13.5. The number of carbonyl (C=O) groups excluding carboxylic acids is 2. The van der Waals surface area contributed by atoms with Gasteiger partial charge in [-0.05, 0) is 76.1 Å². The number of nitrogens with zero attached hydrogens (tertiary/aromatic N) is 5. The molecule has 2 atom stereocenters. The van der Waals surface area contributed by atoms with E-state index in [4.69, 9.17) is 16.0 Å². The Morgan fingerprint density at radius 2 is 1.85 bits per heavy atom. The largest absolute Gasteiger partial charge is 0.495 e. The van der Waals surface area contributed by atoms with Gasteiger partial charge < -0.3 is 19.7 Å². The summed E-state index contributed by atoms with van der Waals surface area (Å²) in [6.07, 6.45) is 13.6. The van der Waals surface area contributed by atoms with Gasteiger partial charge in [0.1, 0.15) is 12.0 Å². The average molecular weight is 545 g/mol. The third-order valence-electron chi connectivity index (χ3n) is 7.06. The summed E-state index contributed by atoms with van der Waals surface area (Å²) >= 11 is 0. The van der Waals surface area contributed by atoms with E-state index in [-0.39, 0.29) is 11.3 Å². The highest BCUT2D eigenvalue weighted by Crippen LogP contribution is 2.32. The molecular weight excluding hydrogens is 504 g/mol. The molecule has 1 fully saturated rings. The number of amides is 1. The fourth-order valence-electron chi connectivity index (χ4n) is 4.94. The van der Waals surface area contributed by atoms with E-state index in [0.717, 1.165) is 41.9 Å². The Bertz CT molecular complexity index is 1390. The number of nitrogens with one attached hydrogen (secondary N) is 1. The second kappa shape index (κ2) is 12.8. The van der Waals surface area contributed by atoms with E-state index in [1.165, 1.54) is 20.5 Å². The number of benzene rings is 1. The Hall–Kier alpha value is -4.19. The quantitative estimate of drug-likeness (QED) is 0.335. The van der Waals surface area contributed by atoms with E-state index in [1.807, 2.05) is 31.3 Å². The Kier molecular flexibility index (Phi) is 9.69. The third-order valence-corrected chi connectivity index (χ3v) is 7.06. The van der Waals surface area contributed by atoms with Gasteiger partial charge in [-0.2, -0.15) is 0 Å². The lowest BCUT2D eigenvalue weighted by Gasteiger charge is -2.38. The predicted octanol–water partition coefficient (Wildman–Crippen LogP) is 5.48. The first-order chi connectivity index (χ1) is 18.9. The summed E-state index contributed by atoms with van der Waals surface area (Å²) in [5, 5.41) is 11.8. The first-order valence-corrected chi connectivity index (χ1v) is 13.5. The number of anilines is 2. The maximum absolute atomic E-state index is 13.4. The molecule has 0 saturated carbocycles. The van der Waals surface area contributed by atoms with Crippen molar-refractivity contribution in [2.24, 2.45) is 0 Å². The van der Waals surface area contributed by atoms with Gasteiger partial charge in [-0.15, -0.1) is 11.5 Å². The molecule has 1 N–H and O–H groups in total. The standard InChI is InChI=1S/C29H36N6O2.C2H4O/c1-9-21-13-22(29(5,6)7)14-24(27(21)37-8)28(36)31-23-15-25(20(4)30-16-23)34-17-26(32-33-34)35-18(2)11-10-12-19(35)3;1-2-3/h1,13-19H,10-12H2,2-8H3,(H,31,36);2H,1H3. The summed E-state index contributed by atoms with van der Waals surface area (Å²) in [5.41, 5.74) is 3.72. The fourth-order valence-corrected chi connectivity index (χ4v) is 4.94. The lowest BCUT2D eigenvalue weighted by Crippen LogP contribution is -2.44. The zero-order valence-corrected chi connectivity index (χ0v) is 24.8. The minimum atomic E-state index is -0.328. The van der Waals surface area contributed by atoms with Gasteiger partial charge in [-0.3, -0.25) is 9.78 Å².